The summed E-state index contributed by atoms with van der Waals surface area (Å²) in [5, 5.41) is 25.2. The van der Waals surface area contributed by atoms with Crippen LogP contribution in [0.2, 0.25) is 0 Å². The molecule has 0 aromatic rings. The average molecular weight is 482 g/mol. The van der Waals surface area contributed by atoms with Crippen LogP contribution in [0.4, 0.5) is 39.5 Å². The lowest BCUT2D eigenvalue weighted by Gasteiger charge is -2.23. The molecule has 1 heterocycles. The minimum absolute atomic E-state index is 0.0631. The van der Waals surface area contributed by atoms with Crippen LogP contribution in [0, 0.1) is 0 Å². The van der Waals surface area contributed by atoms with Crippen molar-refractivity contribution in [2.75, 3.05) is 26.2 Å². The lowest BCUT2D eigenvalue weighted by molar-refractivity contribution is -0.662. The highest BCUT2D eigenvalue weighted by atomic mass is 19.4. The fourth-order valence-electron chi connectivity index (χ4n) is 1.10. The van der Waals surface area contributed by atoms with Crippen LogP contribution in [-0.4, -0.2) is 83.6 Å². The van der Waals surface area contributed by atoms with Gasteiger partial charge in [-0.25, -0.2) is 9.59 Å². The smallest absolute Gasteiger partial charge is 0.490 e. The van der Waals surface area contributed by atoms with Crippen LogP contribution in [0.1, 0.15) is 0 Å². The molecule has 0 unspecified atom stereocenters. The lowest BCUT2D eigenvalue weighted by atomic mass is 10.3. The van der Waals surface area contributed by atoms with E-state index in [0.29, 0.717) is 0 Å². The first-order chi connectivity index (χ1) is 13.7. The Bertz CT molecular complexity index is 553. The first kappa shape index (κ1) is 32.6. The maximum Gasteiger partial charge on any atom is 0.490 e. The molecule has 0 aromatic carbocycles. The zero-order valence-corrected chi connectivity index (χ0v) is 15.0. The fourth-order valence-corrected chi connectivity index (χ4v) is 1.10. The number of quaternary nitrogens is 1. The van der Waals surface area contributed by atoms with Gasteiger partial charge < -0.3 is 30.3 Å². The number of alkyl halides is 9. The Labute approximate surface area is 166 Å². The van der Waals surface area contributed by atoms with Gasteiger partial charge in [0.25, 0.3) is 0 Å². The van der Waals surface area contributed by atoms with Gasteiger partial charge in [-0.2, -0.15) is 39.5 Å². The number of amides is 1. The number of halogens is 9. The normalized spacial score (nSPS) is 13.6. The molecule has 1 amide bonds. The van der Waals surface area contributed by atoms with E-state index < -0.39 is 36.4 Å². The van der Waals surface area contributed by atoms with E-state index in [4.69, 9.17) is 29.7 Å². The van der Waals surface area contributed by atoms with Crippen LogP contribution in [0.25, 0.3) is 0 Å². The molecule has 1 aliphatic heterocycles. The number of carboxylic acid groups (broad SMARTS) is 3. The van der Waals surface area contributed by atoms with Crippen LogP contribution in [-0.2, 0) is 19.2 Å². The zero-order chi connectivity index (χ0) is 25.6. The molecule has 0 atom stereocenters. The van der Waals surface area contributed by atoms with Crippen LogP contribution in [0.5, 0.6) is 0 Å². The van der Waals surface area contributed by atoms with Crippen molar-refractivity contribution < 1.29 is 79.3 Å². The standard InChI is InChI=1S/C7H12N2O.3C2HF3O2/c1-2-7(10)9-5-3-8-4-6-9;3*3-2(4,5)1(6)7/h2,8H,1,3-6H2;3*(H,6,7). The van der Waals surface area contributed by atoms with Gasteiger partial charge in [0.05, 0.1) is 26.2 Å². The summed E-state index contributed by atoms with van der Waals surface area (Å²) in [5.41, 5.74) is 0. The summed E-state index contributed by atoms with van der Waals surface area (Å²) >= 11 is 0. The van der Waals surface area contributed by atoms with Gasteiger partial charge in [-0.3, -0.25) is 4.79 Å². The zero-order valence-electron chi connectivity index (χ0n) is 15.0. The molecule has 0 aromatic heterocycles. The third-order valence-corrected chi connectivity index (χ3v) is 2.41. The second kappa shape index (κ2) is 14.0. The highest BCUT2D eigenvalue weighted by Gasteiger charge is 2.38. The van der Waals surface area contributed by atoms with Gasteiger partial charge in [0, 0.05) is 0 Å². The van der Waals surface area contributed by atoms with Crippen LogP contribution in [0.3, 0.4) is 0 Å². The van der Waals surface area contributed by atoms with Crippen LogP contribution >= 0.6 is 0 Å². The van der Waals surface area contributed by atoms with E-state index in [-0.39, 0.29) is 5.91 Å². The van der Waals surface area contributed by atoms with E-state index in [1.165, 1.54) is 6.08 Å². The average Bonchev–Trinajstić information content (AvgIpc) is 2.61. The highest BCUT2D eigenvalue weighted by molar-refractivity contribution is 5.87. The largest absolute Gasteiger partial charge is 0.542 e. The van der Waals surface area contributed by atoms with Gasteiger partial charge in [-0.15, -0.1) is 0 Å². The molecule has 0 radical (unpaired) electrons. The predicted molar refractivity (Wildman–Crippen MR) is 76.9 cm³/mol. The number of nitrogens with zero attached hydrogens (tertiary/aromatic N) is 1. The molecular weight excluding hydrogens is 467 g/mol. The summed E-state index contributed by atoms with van der Waals surface area (Å²) in [7, 11) is 0. The van der Waals surface area contributed by atoms with Crippen molar-refractivity contribution >= 4 is 23.8 Å². The van der Waals surface area contributed by atoms with E-state index >= 15 is 0 Å². The van der Waals surface area contributed by atoms with Crippen molar-refractivity contribution in [1.82, 2.24) is 4.90 Å². The van der Waals surface area contributed by atoms with E-state index in [9.17, 15) is 44.3 Å². The minimum atomic E-state index is -5.19. The third kappa shape index (κ3) is 20.0. The van der Waals surface area contributed by atoms with Crippen LogP contribution < -0.4 is 10.4 Å². The van der Waals surface area contributed by atoms with Crippen molar-refractivity contribution in [3.63, 3.8) is 0 Å². The first-order valence-corrected chi connectivity index (χ1v) is 7.29. The number of carbonyl (C=O) groups is 4. The lowest BCUT2D eigenvalue weighted by Crippen LogP contribution is -2.89. The number of carbonyl (C=O) groups excluding carboxylic acids is 2. The maximum atomic E-state index is 11.0. The topological polar surface area (TPSA) is 152 Å². The predicted octanol–water partition coefficient (Wildman–Crippen LogP) is -0.857. The molecule has 0 bridgehead atoms. The summed E-state index contributed by atoms with van der Waals surface area (Å²) in [6.07, 6.45) is -14.0. The van der Waals surface area contributed by atoms with Gasteiger partial charge >= 0.3 is 30.5 Å². The number of carboxylic acids is 3. The Kier molecular flexibility index (Phi) is 14.8. The molecular formula is C13H15F9N2O7. The number of rotatable bonds is 1. The SMILES string of the molecule is C=CC(=O)N1CC[NH2+]CC1.O=C(O)C(F)(F)F.O=C(O)C(F)(F)F.O=C([O-])C(F)(F)F. The van der Waals surface area contributed by atoms with E-state index in [0.717, 1.165) is 26.2 Å². The van der Waals surface area contributed by atoms with Gasteiger partial charge in [0.2, 0.25) is 5.91 Å². The Morgan fingerprint density at radius 2 is 1.06 bits per heavy atom. The van der Waals surface area contributed by atoms with Gasteiger partial charge in [0.15, 0.2) is 0 Å². The molecule has 1 rings (SSSR count). The van der Waals surface area contributed by atoms with Gasteiger partial charge in [-0.05, 0) is 6.08 Å². The first-order valence-electron chi connectivity index (χ1n) is 7.29. The molecule has 9 nitrogen and oxygen atoms in total. The molecule has 0 aliphatic carbocycles. The second-order valence-corrected chi connectivity index (χ2v) is 4.79. The molecule has 1 aliphatic rings. The molecule has 0 saturated carbocycles. The molecule has 0 spiro atoms. The highest BCUT2D eigenvalue weighted by Crippen LogP contribution is 2.13. The van der Waals surface area contributed by atoms with Crippen molar-refractivity contribution in [3.8, 4) is 0 Å². The molecule has 1 saturated heterocycles. The van der Waals surface area contributed by atoms with E-state index in [1.807, 2.05) is 4.90 Å². The number of piperazine rings is 1. The minimum Gasteiger partial charge on any atom is -0.542 e. The second-order valence-electron chi connectivity index (χ2n) is 4.79. The van der Waals surface area contributed by atoms with Crippen molar-refractivity contribution in [1.29, 1.82) is 0 Å². The summed E-state index contributed by atoms with van der Waals surface area (Å²) < 4.78 is 95.0. The fraction of sp³-hybridized carbons (Fsp3) is 0.538. The van der Waals surface area contributed by atoms with E-state index in [2.05, 4.69) is 11.9 Å². The van der Waals surface area contributed by atoms with Crippen molar-refractivity contribution in [2.45, 2.75) is 18.5 Å². The summed E-state index contributed by atoms with van der Waals surface area (Å²) in [6, 6.07) is 0. The van der Waals surface area contributed by atoms with Gasteiger partial charge in [-0.1, -0.05) is 6.58 Å². The molecule has 182 valence electrons. The maximum absolute atomic E-state index is 11.0. The van der Waals surface area contributed by atoms with E-state index in [1.54, 1.807) is 0 Å². The van der Waals surface area contributed by atoms with Crippen molar-refractivity contribution in [3.05, 3.63) is 12.7 Å². The molecule has 18 heteroatoms. The number of hydrogen-bond acceptors (Lipinski definition) is 5. The Balaban J connectivity index is -0.000000343. The third-order valence-electron chi connectivity index (χ3n) is 2.41. The Morgan fingerprint density at radius 3 is 1.23 bits per heavy atom. The Morgan fingerprint density at radius 1 is 0.806 bits per heavy atom. The molecule has 1 fully saturated rings. The van der Waals surface area contributed by atoms with Crippen molar-refractivity contribution in [2.24, 2.45) is 0 Å². The van der Waals surface area contributed by atoms with Gasteiger partial charge in [0.1, 0.15) is 5.97 Å². The monoisotopic (exact) mass is 482 g/mol. The summed E-state index contributed by atoms with van der Waals surface area (Å²) in [4.78, 5) is 39.4. The summed E-state index contributed by atoms with van der Waals surface area (Å²) in [5.74, 6) is -8.46. The van der Waals surface area contributed by atoms with Crippen LogP contribution in [0.15, 0.2) is 12.7 Å². The number of nitrogens with two attached hydrogens (primary N) is 1. The summed E-state index contributed by atoms with van der Waals surface area (Å²) in [6.45, 7) is 7.22. The molecule has 4 N–H and O–H groups in total. The Hall–Kier alpha value is -3.05. The molecule has 31 heavy (non-hydrogen) atoms. The quantitative estimate of drug-likeness (QED) is 0.325. The number of aliphatic carboxylic acids is 3. The number of hydrogen-bond donors (Lipinski definition) is 3.